The van der Waals surface area contributed by atoms with E-state index in [-0.39, 0.29) is 5.78 Å². The van der Waals surface area contributed by atoms with Gasteiger partial charge >= 0.3 is 0 Å². The topological polar surface area (TPSA) is 26.3 Å². The highest BCUT2D eigenvalue weighted by Crippen LogP contribution is 2.35. The van der Waals surface area contributed by atoms with Gasteiger partial charge in [0.2, 0.25) is 0 Å². The van der Waals surface area contributed by atoms with Gasteiger partial charge in [0.05, 0.1) is 11.0 Å². The number of hydrogen-bond acceptors (Lipinski definition) is 3. The first-order valence-electron chi connectivity index (χ1n) is 6.00. The van der Waals surface area contributed by atoms with Gasteiger partial charge in [0.1, 0.15) is 0 Å². The molecule has 4 heteroatoms. The molecule has 0 atom stereocenters. The van der Waals surface area contributed by atoms with Crippen LogP contribution in [0.25, 0.3) is 0 Å². The van der Waals surface area contributed by atoms with Crippen LogP contribution in [0.4, 0.5) is 0 Å². The minimum absolute atomic E-state index is 0.281. The van der Waals surface area contributed by atoms with Crippen molar-refractivity contribution in [2.24, 2.45) is 5.92 Å². The molecule has 0 spiro atoms. The number of rotatable bonds is 5. The number of hydrogen-bond donors (Lipinski definition) is 0. The summed E-state index contributed by atoms with van der Waals surface area (Å²) in [5, 5.41) is 0. The molecule has 1 aromatic heterocycles. The van der Waals surface area contributed by atoms with E-state index in [0.29, 0.717) is 18.4 Å². The predicted octanol–water partition coefficient (Wildman–Crippen LogP) is 4.21. The highest BCUT2D eigenvalue weighted by atomic mass is 79.9. The Morgan fingerprint density at radius 3 is 2.82 bits per heavy atom. The maximum atomic E-state index is 12.0. The first-order chi connectivity index (χ1) is 8.10. The minimum Gasteiger partial charge on any atom is -0.378 e. The SMILES string of the molecule is CCOC1CC(CC(=O)c2cc(Br)c(C)s2)C1. The highest BCUT2D eigenvalue weighted by Gasteiger charge is 2.31. The molecule has 1 aliphatic carbocycles. The Labute approximate surface area is 114 Å². The molecule has 0 amide bonds. The standard InChI is InChI=1S/C13H17BrO2S/c1-3-16-10-4-9(5-10)6-12(15)13-7-11(14)8(2)17-13/h7,9-10H,3-6H2,1-2H3. The van der Waals surface area contributed by atoms with Crippen LogP contribution < -0.4 is 0 Å². The normalized spacial score (nSPS) is 23.5. The van der Waals surface area contributed by atoms with Gasteiger partial charge in [-0.05, 0) is 54.6 Å². The molecular weight excluding hydrogens is 300 g/mol. The van der Waals surface area contributed by atoms with Crippen molar-refractivity contribution in [2.45, 2.75) is 39.2 Å². The fraction of sp³-hybridized carbons (Fsp3) is 0.615. The second-order valence-electron chi connectivity index (χ2n) is 4.56. The third-order valence-electron chi connectivity index (χ3n) is 3.20. The van der Waals surface area contributed by atoms with E-state index in [9.17, 15) is 4.79 Å². The van der Waals surface area contributed by atoms with Crippen molar-refractivity contribution in [3.8, 4) is 0 Å². The Morgan fingerprint density at radius 1 is 1.59 bits per heavy atom. The average molecular weight is 317 g/mol. The summed E-state index contributed by atoms with van der Waals surface area (Å²) in [6.45, 7) is 4.83. The second kappa shape index (κ2) is 5.63. The molecule has 94 valence electrons. The fourth-order valence-corrected chi connectivity index (χ4v) is 3.66. The molecule has 0 saturated heterocycles. The van der Waals surface area contributed by atoms with Crippen LogP contribution in [0.5, 0.6) is 0 Å². The predicted molar refractivity (Wildman–Crippen MR) is 73.8 cm³/mol. The molecule has 0 unspecified atom stereocenters. The number of halogens is 1. The van der Waals surface area contributed by atoms with Crippen molar-refractivity contribution >= 4 is 33.0 Å². The van der Waals surface area contributed by atoms with Gasteiger partial charge in [-0.15, -0.1) is 11.3 Å². The van der Waals surface area contributed by atoms with Gasteiger partial charge in [-0.2, -0.15) is 0 Å². The van der Waals surface area contributed by atoms with Crippen LogP contribution in [0.1, 0.15) is 40.7 Å². The maximum absolute atomic E-state index is 12.0. The first-order valence-corrected chi connectivity index (χ1v) is 7.61. The fourth-order valence-electron chi connectivity index (χ4n) is 2.17. The molecule has 1 heterocycles. The third-order valence-corrected chi connectivity index (χ3v) is 5.38. The Kier molecular flexibility index (Phi) is 4.39. The Bertz CT molecular complexity index is 388. The summed E-state index contributed by atoms with van der Waals surface area (Å²) in [6, 6.07) is 1.95. The molecular formula is C13H17BrO2S. The lowest BCUT2D eigenvalue weighted by Gasteiger charge is -2.34. The van der Waals surface area contributed by atoms with Crippen LogP contribution in [0, 0.1) is 12.8 Å². The average Bonchev–Trinajstić information content (AvgIpc) is 2.56. The molecule has 0 bridgehead atoms. The van der Waals surface area contributed by atoms with Gasteiger partial charge in [-0.1, -0.05) is 0 Å². The van der Waals surface area contributed by atoms with E-state index in [1.807, 2.05) is 19.9 Å². The molecule has 17 heavy (non-hydrogen) atoms. The summed E-state index contributed by atoms with van der Waals surface area (Å²) in [7, 11) is 0. The molecule has 1 aromatic rings. The summed E-state index contributed by atoms with van der Waals surface area (Å²) >= 11 is 5.03. The Morgan fingerprint density at radius 2 is 2.29 bits per heavy atom. The van der Waals surface area contributed by atoms with E-state index in [1.165, 1.54) is 4.88 Å². The van der Waals surface area contributed by atoms with E-state index in [2.05, 4.69) is 15.9 Å². The van der Waals surface area contributed by atoms with Crippen LogP contribution in [-0.4, -0.2) is 18.5 Å². The van der Waals surface area contributed by atoms with Crippen molar-refractivity contribution in [2.75, 3.05) is 6.61 Å². The number of thiophene rings is 1. The van der Waals surface area contributed by atoms with Crippen molar-refractivity contribution in [3.63, 3.8) is 0 Å². The van der Waals surface area contributed by atoms with E-state index < -0.39 is 0 Å². The number of ether oxygens (including phenoxy) is 1. The number of Topliss-reactive ketones (excluding diaryl/α,β-unsaturated/α-hetero) is 1. The maximum Gasteiger partial charge on any atom is 0.173 e. The van der Waals surface area contributed by atoms with Crippen molar-refractivity contribution in [3.05, 3.63) is 20.3 Å². The molecule has 0 radical (unpaired) electrons. The zero-order valence-corrected chi connectivity index (χ0v) is 12.6. The van der Waals surface area contributed by atoms with E-state index >= 15 is 0 Å². The summed E-state index contributed by atoms with van der Waals surface area (Å²) in [4.78, 5) is 14.1. The van der Waals surface area contributed by atoms with Gasteiger partial charge in [0.25, 0.3) is 0 Å². The van der Waals surface area contributed by atoms with Crippen molar-refractivity contribution in [1.82, 2.24) is 0 Å². The lowest BCUT2D eigenvalue weighted by Crippen LogP contribution is -2.32. The summed E-state index contributed by atoms with van der Waals surface area (Å²) in [5.74, 6) is 0.809. The van der Waals surface area contributed by atoms with Crippen LogP contribution in [0.3, 0.4) is 0 Å². The monoisotopic (exact) mass is 316 g/mol. The smallest absolute Gasteiger partial charge is 0.173 e. The number of ketones is 1. The van der Waals surface area contributed by atoms with Gasteiger partial charge in [0, 0.05) is 22.4 Å². The molecule has 2 nitrogen and oxygen atoms in total. The number of carbonyl (C=O) groups excluding carboxylic acids is 1. The molecule has 0 aromatic carbocycles. The first kappa shape index (κ1) is 13.2. The zero-order valence-electron chi connectivity index (χ0n) is 10.2. The van der Waals surface area contributed by atoms with Crippen LogP contribution >= 0.6 is 27.3 Å². The van der Waals surface area contributed by atoms with Gasteiger partial charge in [-0.3, -0.25) is 4.79 Å². The summed E-state index contributed by atoms with van der Waals surface area (Å²) in [5.41, 5.74) is 0. The second-order valence-corrected chi connectivity index (χ2v) is 6.67. The molecule has 0 N–H and O–H groups in total. The Hall–Kier alpha value is -0.190. The van der Waals surface area contributed by atoms with E-state index in [0.717, 1.165) is 28.8 Å². The van der Waals surface area contributed by atoms with Crippen LogP contribution in [0.2, 0.25) is 0 Å². The van der Waals surface area contributed by atoms with Crippen molar-refractivity contribution < 1.29 is 9.53 Å². The molecule has 1 fully saturated rings. The van der Waals surface area contributed by atoms with Gasteiger partial charge < -0.3 is 4.74 Å². The lowest BCUT2D eigenvalue weighted by atomic mass is 9.79. The molecule has 2 rings (SSSR count). The number of aryl methyl sites for hydroxylation is 1. The van der Waals surface area contributed by atoms with Gasteiger partial charge in [0.15, 0.2) is 5.78 Å². The largest absolute Gasteiger partial charge is 0.378 e. The third kappa shape index (κ3) is 3.18. The minimum atomic E-state index is 0.281. The quantitative estimate of drug-likeness (QED) is 0.761. The van der Waals surface area contributed by atoms with E-state index in [4.69, 9.17) is 4.74 Å². The van der Waals surface area contributed by atoms with E-state index in [1.54, 1.807) is 11.3 Å². The lowest BCUT2D eigenvalue weighted by molar-refractivity contribution is -0.0245. The summed E-state index contributed by atoms with van der Waals surface area (Å²) in [6.07, 6.45) is 3.17. The van der Waals surface area contributed by atoms with Crippen LogP contribution in [0.15, 0.2) is 10.5 Å². The summed E-state index contributed by atoms with van der Waals surface area (Å²) < 4.78 is 6.55. The molecule has 1 saturated carbocycles. The highest BCUT2D eigenvalue weighted by molar-refractivity contribution is 9.10. The Balaban J connectivity index is 1.83. The molecule has 1 aliphatic rings. The molecule has 0 aliphatic heterocycles. The zero-order chi connectivity index (χ0) is 12.4. The van der Waals surface area contributed by atoms with Gasteiger partial charge in [-0.25, -0.2) is 0 Å². The van der Waals surface area contributed by atoms with Crippen molar-refractivity contribution in [1.29, 1.82) is 0 Å². The van der Waals surface area contributed by atoms with Crippen LogP contribution in [-0.2, 0) is 4.74 Å². The number of carbonyl (C=O) groups is 1.